The Hall–Kier alpha value is -2.78. The van der Waals surface area contributed by atoms with E-state index in [4.69, 9.17) is 9.63 Å². The van der Waals surface area contributed by atoms with Gasteiger partial charge >= 0.3 is 12.7 Å². The normalized spacial score (nSPS) is 27.2. The molecule has 2 aliphatic rings. The van der Waals surface area contributed by atoms with Crippen LogP contribution in [0.25, 0.3) is 11.4 Å². The van der Waals surface area contributed by atoms with Crippen molar-refractivity contribution in [1.29, 1.82) is 0 Å². The number of carbonyl (C=O) groups is 1. The number of rotatable bonds is 4. The van der Waals surface area contributed by atoms with Crippen LogP contribution < -0.4 is 4.74 Å². The van der Waals surface area contributed by atoms with Crippen LogP contribution >= 0.6 is 0 Å². The van der Waals surface area contributed by atoms with Crippen LogP contribution in [0.2, 0.25) is 0 Å². The molecule has 7 nitrogen and oxygen atoms in total. The molecule has 0 radical (unpaired) electrons. The lowest BCUT2D eigenvalue weighted by Crippen LogP contribution is -2.45. The molecule has 2 aromatic rings. The second-order valence-corrected chi connectivity index (χ2v) is 6.80. The SMILES string of the molecule is O=C(O)N1CCC2(CC2c2nc(-c3cccc(OC(F)F)c3)no2)C(F)C1. The summed E-state index contributed by atoms with van der Waals surface area (Å²) in [6, 6.07) is 5.91. The van der Waals surface area contributed by atoms with Gasteiger partial charge in [-0.1, -0.05) is 17.3 Å². The lowest BCUT2D eigenvalue weighted by atomic mass is 9.89. The van der Waals surface area contributed by atoms with Gasteiger partial charge in [0.05, 0.1) is 6.54 Å². The van der Waals surface area contributed by atoms with Gasteiger partial charge in [-0.05, 0) is 25.0 Å². The highest BCUT2D eigenvalue weighted by Crippen LogP contribution is 2.65. The Morgan fingerprint density at radius 1 is 1.44 bits per heavy atom. The Bertz CT molecular complexity index is 861. The first kappa shape index (κ1) is 17.6. The van der Waals surface area contributed by atoms with E-state index in [-0.39, 0.29) is 36.5 Å². The molecule has 1 saturated heterocycles. The van der Waals surface area contributed by atoms with Gasteiger partial charge in [0.1, 0.15) is 11.9 Å². The standard InChI is InChI=1S/C17H16F3N3O4/c18-12-8-23(16(24)25)5-4-17(12)7-11(17)14-21-13(22-27-14)9-2-1-3-10(6-9)26-15(19)20/h1-3,6,11-12,15H,4-5,7-8H2,(H,24,25). The molecule has 27 heavy (non-hydrogen) atoms. The van der Waals surface area contributed by atoms with Crippen molar-refractivity contribution in [3.05, 3.63) is 30.2 Å². The number of ether oxygens (including phenoxy) is 1. The number of nitrogens with zero attached hydrogens (tertiary/aromatic N) is 3. The van der Waals surface area contributed by atoms with Gasteiger partial charge in [-0.3, -0.25) is 0 Å². The third kappa shape index (κ3) is 3.19. The van der Waals surface area contributed by atoms with Crippen molar-refractivity contribution >= 4 is 6.09 Å². The molecule has 1 N–H and O–H groups in total. The van der Waals surface area contributed by atoms with Crippen molar-refractivity contribution in [3.63, 3.8) is 0 Å². The van der Waals surface area contributed by atoms with Gasteiger partial charge in [0.15, 0.2) is 0 Å². The molecular weight excluding hydrogens is 367 g/mol. The fourth-order valence-corrected chi connectivity index (χ4v) is 3.72. The maximum absolute atomic E-state index is 14.6. The summed E-state index contributed by atoms with van der Waals surface area (Å²) in [5.74, 6) is 0.175. The maximum Gasteiger partial charge on any atom is 0.407 e. The highest BCUT2D eigenvalue weighted by atomic mass is 19.3. The zero-order valence-corrected chi connectivity index (χ0v) is 14.0. The number of aromatic nitrogens is 2. The Kier molecular flexibility index (Phi) is 4.20. The molecule has 1 saturated carbocycles. The first-order chi connectivity index (χ1) is 12.9. The van der Waals surface area contributed by atoms with Crippen LogP contribution in [-0.4, -0.2) is 52.1 Å². The molecule has 1 aromatic heterocycles. The molecule has 1 amide bonds. The van der Waals surface area contributed by atoms with Gasteiger partial charge in [0.2, 0.25) is 11.7 Å². The molecule has 1 aliphatic heterocycles. The largest absolute Gasteiger partial charge is 0.465 e. The molecule has 2 heterocycles. The maximum atomic E-state index is 14.6. The monoisotopic (exact) mass is 383 g/mol. The highest BCUT2D eigenvalue weighted by Gasteiger charge is 2.64. The van der Waals surface area contributed by atoms with Crippen LogP contribution in [0.1, 0.15) is 24.7 Å². The van der Waals surface area contributed by atoms with Crippen LogP contribution in [-0.2, 0) is 0 Å². The predicted molar refractivity (Wildman–Crippen MR) is 85.3 cm³/mol. The summed E-state index contributed by atoms with van der Waals surface area (Å²) in [5.41, 5.74) is -0.230. The van der Waals surface area contributed by atoms with Gasteiger partial charge in [-0.2, -0.15) is 13.8 Å². The molecule has 1 spiro atoms. The number of alkyl halides is 3. The molecule has 10 heteroatoms. The summed E-state index contributed by atoms with van der Waals surface area (Å²) in [6.07, 6.45) is -1.53. The first-order valence-electron chi connectivity index (χ1n) is 8.40. The second kappa shape index (κ2) is 6.43. The molecular formula is C17H16F3N3O4. The van der Waals surface area contributed by atoms with E-state index in [1.54, 1.807) is 6.07 Å². The average molecular weight is 383 g/mol. The third-order valence-corrected chi connectivity index (χ3v) is 5.30. The smallest absolute Gasteiger partial charge is 0.407 e. The van der Waals surface area contributed by atoms with E-state index in [0.717, 1.165) is 4.90 Å². The van der Waals surface area contributed by atoms with E-state index in [1.165, 1.54) is 18.2 Å². The zero-order chi connectivity index (χ0) is 19.2. The second-order valence-electron chi connectivity index (χ2n) is 6.80. The number of piperidine rings is 1. The van der Waals surface area contributed by atoms with Gasteiger partial charge in [-0.25, -0.2) is 9.18 Å². The number of halogens is 3. The first-order valence-corrected chi connectivity index (χ1v) is 8.40. The fraction of sp³-hybridized carbons (Fsp3) is 0.471. The summed E-state index contributed by atoms with van der Waals surface area (Å²) >= 11 is 0. The predicted octanol–water partition coefficient (Wildman–Crippen LogP) is 3.53. The van der Waals surface area contributed by atoms with Crippen molar-refractivity contribution in [2.75, 3.05) is 13.1 Å². The zero-order valence-electron chi connectivity index (χ0n) is 14.0. The number of hydrogen-bond donors (Lipinski definition) is 1. The summed E-state index contributed by atoms with van der Waals surface area (Å²) < 4.78 is 48.9. The van der Waals surface area contributed by atoms with E-state index in [9.17, 15) is 18.0 Å². The summed E-state index contributed by atoms with van der Waals surface area (Å²) in [4.78, 5) is 16.4. The van der Waals surface area contributed by atoms with Gasteiger partial charge in [0, 0.05) is 23.4 Å². The van der Waals surface area contributed by atoms with Crippen LogP contribution in [0.15, 0.2) is 28.8 Å². The van der Waals surface area contributed by atoms with Crippen molar-refractivity contribution in [3.8, 4) is 17.1 Å². The quantitative estimate of drug-likeness (QED) is 0.869. The van der Waals surface area contributed by atoms with E-state index in [0.29, 0.717) is 18.4 Å². The van der Waals surface area contributed by atoms with E-state index in [2.05, 4.69) is 14.9 Å². The minimum atomic E-state index is -2.94. The van der Waals surface area contributed by atoms with Crippen LogP contribution in [0.3, 0.4) is 0 Å². The molecule has 144 valence electrons. The van der Waals surface area contributed by atoms with Crippen molar-refractivity contribution < 1.29 is 32.3 Å². The minimum Gasteiger partial charge on any atom is -0.465 e. The summed E-state index contributed by atoms with van der Waals surface area (Å²) in [6.45, 7) is -2.84. The number of hydrogen-bond acceptors (Lipinski definition) is 5. The lowest BCUT2D eigenvalue weighted by molar-refractivity contribution is -0.0498. The van der Waals surface area contributed by atoms with Gasteiger partial charge in [-0.15, -0.1) is 0 Å². The Morgan fingerprint density at radius 3 is 2.96 bits per heavy atom. The topological polar surface area (TPSA) is 88.7 Å². The number of likely N-dealkylation sites (tertiary alicyclic amines) is 1. The molecule has 4 rings (SSSR count). The average Bonchev–Trinajstić information content (AvgIpc) is 3.12. The van der Waals surface area contributed by atoms with Gasteiger partial charge in [0.25, 0.3) is 0 Å². The molecule has 0 bridgehead atoms. The summed E-state index contributed by atoms with van der Waals surface area (Å²) in [5, 5.41) is 12.9. The number of carboxylic acid groups (broad SMARTS) is 1. The number of benzene rings is 1. The van der Waals surface area contributed by atoms with Crippen molar-refractivity contribution in [1.82, 2.24) is 15.0 Å². The number of amides is 1. The molecule has 3 unspecified atom stereocenters. The highest BCUT2D eigenvalue weighted by molar-refractivity contribution is 5.65. The third-order valence-electron chi connectivity index (χ3n) is 5.30. The van der Waals surface area contributed by atoms with E-state index >= 15 is 0 Å². The molecule has 1 aliphatic carbocycles. The van der Waals surface area contributed by atoms with Crippen molar-refractivity contribution in [2.45, 2.75) is 31.5 Å². The lowest BCUT2D eigenvalue weighted by Gasteiger charge is -2.33. The van der Waals surface area contributed by atoms with Crippen LogP contribution in [0.5, 0.6) is 5.75 Å². The Labute approximate surface area is 151 Å². The molecule has 3 atom stereocenters. The molecule has 1 aromatic carbocycles. The van der Waals surface area contributed by atoms with Crippen molar-refractivity contribution in [2.24, 2.45) is 5.41 Å². The van der Waals surface area contributed by atoms with E-state index < -0.39 is 24.3 Å². The summed E-state index contributed by atoms with van der Waals surface area (Å²) in [7, 11) is 0. The van der Waals surface area contributed by atoms with Crippen LogP contribution in [0.4, 0.5) is 18.0 Å². The van der Waals surface area contributed by atoms with E-state index in [1.807, 2.05) is 0 Å². The Morgan fingerprint density at radius 2 is 2.26 bits per heavy atom. The Balaban J connectivity index is 1.49. The van der Waals surface area contributed by atoms with Gasteiger partial charge < -0.3 is 19.3 Å². The molecule has 2 fully saturated rings. The fourth-order valence-electron chi connectivity index (χ4n) is 3.72. The minimum absolute atomic E-state index is 0.0263. The van der Waals surface area contributed by atoms with Crippen LogP contribution in [0, 0.1) is 5.41 Å².